The molecule has 0 fully saturated rings. The van der Waals surface area contributed by atoms with Gasteiger partial charge in [-0.25, -0.2) is 0 Å². The van der Waals surface area contributed by atoms with Gasteiger partial charge in [0.05, 0.1) is 0 Å². The van der Waals surface area contributed by atoms with E-state index in [1.807, 2.05) is 0 Å². The molecule has 0 N–H and O–H groups in total. The zero-order valence-electron chi connectivity index (χ0n) is 35.0. The molecular formula is C57H50N4. The maximum absolute atomic E-state index is 2.52. The smallest absolute Gasteiger partial charge is 0.145 e. The largest absolute Gasteiger partial charge is 0.314 e. The van der Waals surface area contributed by atoms with Gasteiger partial charge in [0.2, 0.25) is 0 Å². The van der Waals surface area contributed by atoms with Crippen molar-refractivity contribution >= 4 is 51.2 Å². The molecule has 8 aromatic carbocycles. The highest BCUT2D eigenvalue weighted by Crippen LogP contribution is 2.48. The van der Waals surface area contributed by atoms with E-state index in [0.29, 0.717) is 6.42 Å². The van der Waals surface area contributed by atoms with Crippen LogP contribution in [-0.4, -0.2) is 5.66 Å². The Morgan fingerprint density at radius 1 is 0.328 bits per heavy atom. The van der Waals surface area contributed by atoms with Crippen molar-refractivity contribution in [3.8, 4) is 0 Å². The first-order valence-electron chi connectivity index (χ1n) is 21.1. The maximum atomic E-state index is 2.52. The van der Waals surface area contributed by atoms with Crippen molar-refractivity contribution in [3.63, 3.8) is 0 Å². The van der Waals surface area contributed by atoms with Gasteiger partial charge in [-0.3, -0.25) is 0 Å². The quantitative estimate of drug-likeness (QED) is 0.114. The van der Waals surface area contributed by atoms with E-state index in [9.17, 15) is 0 Å². The molecule has 298 valence electrons. The summed E-state index contributed by atoms with van der Waals surface area (Å²) in [5.74, 6) is 0. The van der Waals surface area contributed by atoms with Crippen molar-refractivity contribution in [1.82, 2.24) is 0 Å². The molecule has 0 amide bonds. The van der Waals surface area contributed by atoms with Gasteiger partial charge in [0.25, 0.3) is 0 Å². The lowest BCUT2D eigenvalue weighted by atomic mass is 9.91. The van der Waals surface area contributed by atoms with Crippen LogP contribution in [0.3, 0.4) is 0 Å². The van der Waals surface area contributed by atoms with Crippen LogP contribution in [0, 0.1) is 20.8 Å². The third kappa shape index (κ3) is 8.09. The van der Waals surface area contributed by atoms with E-state index >= 15 is 0 Å². The highest BCUT2D eigenvalue weighted by atomic mass is 15.4. The number of anilines is 9. The van der Waals surface area contributed by atoms with Gasteiger partial charge in [0.1, 0.15) is 5.66 Å². The van der Waals surface area contributed by atoms with Crippen LogP contribution in [0.1, 0.15) is 23.1 Å². The normalized spacial score (nSPS) is 12.9. The molecule has 9 rings (SSSR count). The van der Waals surface area contributed by atoms with Gasteiger partial charge in [-0.1, -0.05) is 115 Å². The summed E-state index contributed by atoms with van der Waals surface area (Å²) in [4.78, 5) is 9.74. The third-order valence-electron chi connectivity index (χ3n) is 11.4. The van der Waals surface area contributed by atoms with Gasteiger partial charge in [-0.2, -0.15) is 0 Å². The van der Waals surface area contributed by atoms with Crippen molar-refractivity contribution < 1.29 is 0 Å². The summed E-state index contributed by atoms with van der Waals surface area (Å²) >= 11 is 0. The lowest BCUT2D eigenvalue weighted by Crippen LogP contribution is -2.57. The molecule has 0 saturated heterocycles. The van der Waals surface area contributed by atoms with Crippen molar-refractivity contribution in [1.29, 1.82) is 0 Å². The van der Waals surface area contributed by atoms with Crippen LogP contribution in [0.2, 0.25) is 0 Å². The maximum Gasteiger partial charge on any atom is 0.145 e. The predicted molar refractivity (Wildman–Crippen MR) is 259 cm³/mol. The Morgan fingerprint density at radius 3 is 1.08 bits per heavy atom. The van der Waals surface area contributed by atoms with E-state index < -0.39 is 5.66 Å². The lowest BCUT2D eigenvalue weighted by molar-refractivity contribution is 0.522. The number of para-hydroxylation sites is 4. The fourth-order valence-corrected chi connectivity index (χ4v) is 8.65. The first-order valence-corrected chi connectivity index (χ1v) is 21.1. The molecule has 0 unspecified atom stereocenters. The summed E-state index contributed by atoms with van der Waals surface area (Å²) in [7, 11) is 0. The first kappa shape index (κ1) is 38.9. The molecule has 1 aliphatic carbocycles. The van der Waals surface area contributed by atoms with Crippen LogP contribution >= 0.6 is 0 Å². The van der Waals surface area contributed by atoms with Crippen molar-refractivity contribution in [2.24, 2.45) is 0 Å². The Balaban J connectivity index is 1.20. The van der Waals surface area contributed by atoms with Gasteiger partial charge in [0, 0.05) is 63.3 Å². The molecule has 0 saturated carbocycles. The number of allylic oxidation sites excluding steroid dienone is 1. The predicted octanol–water partition coefficient (Wildman–Crippen LogP) is 15.4. The minimum Gasteiger partial charge on any atom is -0.314 e. The van der Waals surface area contributed by atoms with Gasteiger partial charge in [-0.05, 0) is 159 Å². The van der Waals surface area contributed by atoms with Crippen molar-refractivity contribution in [2.45, 2.75) is 32.9 Å². The van der Waals surface area contributed by atoms with Gasteiger partial charge >= 0.3 is 0 Å². The Hall–Kier alpha value is -7.56. The van der Waals surface area contributed by atoms with Crippen LogP contribution in [0.5, 0.6) is 0 Å². The molecule has 4 heteroatoms. The molecule has 0 aromatic heterocycles. The standard InChI is InChI=1S/C57H50N4/c1-44-19-16-30-54(41-44)59(48-24-10-5-11-25-48)50-35-33-49(34-36-50)58(47-22-8-4-9-23-47)51-37-39-57(40-38-51,60(52-26-12-6-13-27-52)55-31-17-20-45(2)42-55)61(53-28-14-7-15-29-53)56-32-18-21-46(3)43-56/h4-39,41-43H,40H2,1-3H3. The number of hydrogen-bond acceptors (Lipinski definition) is 4. The molecule has 0 atom stereocenters. The Morgan fingerprint density at radius 2 is 0.672 bits per heavy atom. The number of hydrogen-bond donors (Lipinski definition) is 0. The monoisotopic (exact) mass is 790 g/mol. The van der Waals surface area contributed by atoms with Gasteiger partial charge < -0.3 is 19.6 Å². The average molecular weight is 791 g/mol. The highest BCUT2D eigenvalue weighted by Gasteiger charge is 2.44. The summed E-state index contributed by atoms with van der Waals surface area (Å²) in [6, 6.07) is 78.4. The van der Waals surface area contributed by atoms with E-state index in [0.717, 1.165) is 56.9 Å². The molecule has 0 aliphatic heterocycles. The van der Waals surface area contributed by atoms with Crippen LogP contribution in [0.15, 0.2) is 242 Å². The van der Waals surface area contributed by atoms with E-state index in [1.165, 1.54) is 16.7 Å². The van der Waals surface area contributed by atoms with Crippen LogP contribution in [0.25, 0.3) is 0 Å². The summed E-state index contributed by atoms with van der Waals surface area (Å²) in [6.45, 7) is 6.49. The van der Waals surface area contributed by atoms with Crippen molar-refractivity contribution in [3.05, 3.63) is 259 Å². The van der Waals surface area contributed by atoms with Crippen LogP contribution in [0.4, 0.5) is 51.2 Å². The second-order valence-corrected chi connectivity index (χ2v) is 15.8. The number of benzene rings is 8. The van der Waals surface area contributed by atoms with E-state index in [2.05, 4.69) is 277 Å². The molecule has 61 heavy (non-hydrogen) atoms. The summed E-state index contributed by atoms with van der Waals surface area (Å²) in [5.41, 5.74) is 14.0. The van der Waals surface area contributed by atoms with Crippen LogP contribution in [-0.2, 0) is 0 Å². The number of nitrogens with zero attached hydrogens (tertiary/aromatic N) is 4. The minimum atomic E-state index is -0.704. The SMILES string of the molecule is Cc1cccc(N(c2ccccc2)c2ccc(N(C3=CCC(N(c4ccccc4)c4cccc(C)c4)(N(c4ccccc4)c4cccc(C)c4)C=C3)c3ccccc3)cc2)c1. The Labute approximate surface area is 361 Å². The molecular weight excluding hydrogens is 741 g/mol. The Kier molecular flexibility index (Phi) is 11.1. The fourth-order valence-electron chi connectivity index (χ4n) is 8.65. The number of aryl methyl sites for hydroxylation is 3. The first-order chi connectivity index (χ1) is 30.0. The Bertz CT molecular complexity index is 2670. The summed E-state index contributed by atoms with van der Waals surface area (Å²) in [6.07, 6.45) is 7.83. The summed E-state index contributed by atoms with van der Waals surface area (Å²) in [5, 5.41) is 0. The second kappa shape index (κ2) is 17.3. The molecule has 0 spiro atoms. The van der Waals surface area contributed by atoms with E-state index in [-0.39, 0.29) is 0 Å². The van der Waals surface area contributed by atoms with Gasteiger partial charge in [-0.15, -0.1) is 0 Å². The third-order valence-corrected chi connectivity index (χ3v) is 11.4. The van der Waals surface area contributed by atoms with Gasteiger partial charge in [0.15, 0.2) is 0 Å². The van der Waals surface area contributed by atoms with Crippen LogP contribution < -0.4 is 19.6 Å². The minimum absolute atomic E-state index is 0.668. The lowest BCUT2D eigenvalue weighted by Gasteiger charge is -2.52. The topological polar surface area (TPSA) is 13.0 Å². The summed E-state index contributed by atoms with van der Waals surface area (Å²) < 4.78 is 0. The van der Waals surface area contributed by atoms with E-state index in [4.69, 9.17) is 0 Å². The van der Waals surface area contributed by atoms with E-state index in [1.54, 1.807) is 0 Å². The zero-order valence-corrected chi connectivity index (χ0v) is 35.0. The zero-order chi connectivity index (χ0) is 41.6. The highest BCUT2D eigenvalue weighted by molar-refractivity contribution is 5.81. The molecule has 4 nitrogen and oxygen atoms in total. The second-order valence-electron chi connectivity index (χ2n) is 15.8. The van der Waals surface area contributed by atoms with Crippen molar-refractivity contribution in [2.75, 3.05) is 19.6 Å². The molecule has 8 aromatic rings. The average Bonchev–Trinajstić information content (AvgIpc) is 3.30. The molecule has 0 heterocycles. The molecule has 0 bridgehead atoms. The molecule has 0 radical (unpaired) electrons. The number of rotatable bonds is 12. The molecule has 1 aliphatic rings. The fraction of sp³-hybridized carbons (Fsp3) is 0.0877.